The second-order valence-corrected chi connectivity index (χ2v) is 8.52. The summed E-state index contributed by atoms with van der Waals surface area (Å²) in [6, 6.07) is 0. The van der Waals surface area contributed by atoms with Crippen LogP contribution >= 0.6 is 23.5 Å². The number of carboxylic acid groups (broad SMARTS) is 2. The first-order valence-electron chi connectivity index (χ1n) is 8.11. The number of hydrogen-bond acceptors (Lipinski definition) is 6. The van der Waals surface area contributed by atoms with E-state index < -0.39 is 17.7 Å². The largest absolute Gasteiger partial charge is 0.481 e. The summed E-state index contributed by atoms with van der Waals surface area (Å²) in [5, 5.41) is 17.5. The van der Waals surface area contributed by atoms with Crippen LogP contribution in [0.4, 0.5) is 0 Å². The van der Waals surface area contributed by atoms with Gasteiger partial charge in [-0.15, -0.1) is 12.3 Å². The zero-order valence-corrected chi connectivity index (χ0v) is 16.1. The fourth-order valence-electron chi connectivity index (χ4n) is 2.24. The maximum Gasteiger partial charge on any atom is 0.304 e. The molecule has 8 heteroatoms. The van der Waals surface area contributed by atoms with E-state index >= 15 is 0 Å². The third-order valence-corrected chi connectivity index (χ3v) is 6.45. The van der Waals surface area contributed by atoms with Crippen LogP contribution in [0.5, 0.6) is 0 Å². The molecule has 0 bridgehead atoms. The molecule has 6 nitrogen and oxygen atoms in total. The lowest BCUT2D eigenvalue weighted by Crippen LogP contribution is -2.50. The van der Waals surface area contributed by atoms with E-state index in [1.165, 1.54) is 0 Å². The first-order valence-corrected chi connectivity index (χ1v) is 10.4. The van der Waals surface area contributed by atoms with Gasteiger partial charge in [0.1, 0.15) is 0 Å². The third-order valence-electron chi connectivity index (χ3n) is 3.83. The van der Waals surface area contributed by atoms with Crippen molar-refractivity contribution < 1.29 is 29.3 Å². The van der Waals surface area contributed by atoms with Gasteiger partial charge in [0, 0.05) is 41.3 Å². The Bertz CT molecular complexity index is 456. The Kier molecular flexibility index (Phi) is 9.72. The van der Waals surface area contributed by atoms with Gasteiger partial charge in [-0.05, 0) is 6.92 Å². The minimum atomic E-state index is -0.810. The van der Waals surface area contributed by atoms with Crippen molar-refractivity contribution in [1.82, 2.24) is 0 Å². The molecule has 1 saturated heterocycles. The minimum absolute atomic E-state index is 0.120. The van der Waals surface area contributed by atoms with Crippen molar-refractivity contribution in [3.8, 4) is 12.3 Å². The van der Waals surface area contributed by atoms with E-state index in [2.05, 4.69) is 5.92 Å². The topological polar surface area (TPSA) is 93.1 Å². The molecule has 0 saturated carbocycles. The van der Waals surface area contributed by atoms with Gasteiger partial charge in [0.05, 0.1) is 26.1 Å². The Balaban J connectivity index is 2.55. The predicted molar refractivity (Wildman–Crippen MR) is 100.0 cm³/mol. The molecular formula is C17H26O6S2. The number of hydrogen-bond donors (Lipinski definition) is 2. The highest BCUT2D eigenvalue weighted by atomic mass is 32.2. The zero-order chi connectivity index (χ0) is 18.8. The maximum absolute atomic E-state index is 10.7. The highest BCUT2D eigenvalue weighted by Crippen LogP contribution is 2.37. The van der Waals surface area contributed by atoms with Crippen LogP contribution in [0, 0.1) is 17.8 Å². The van der Waals surface area contributed by atoms with E-state index in [1.807, 2.05) is 6.92 Å². The van der Waals surface area contributed by atoms with Crippen LogP contribution in [-0.2, 0) is 19.1 Å². The summed E-state index contributed by atoms with van der Waals surface area (Å²) in [7, 11) is 0. The molecule has 0 aromatic rings. The summed E-state index contributed by atoms with van der Waals surface area (Å²) >= 11 is 3.13. The fourth-order valence-corrected chi connectivity index (χ4v) is 4.70. The van der Waals surface area contributed by atoms with E-state index in [0.717, 1.165) is 0 Å². The monoisotopic (exact) mass is 390 g/mol. The van der Waals surface area contributed by atoms with Gasteiger partial charge < -0.3 is 19.7 Å². The fraction of sp³-hybridized carbons (Fsp3) is 0.765. The van der Waals surface area contributed by atoms with Crippen LogP contribution in [-0.4, -0.2) is 64.2 Å². The molecule has 0 aromatic heterocycles. The van der Waals surface area contributed by atoms with Gasteiger partial charge in [-0.3, -0.25) is 9.59 Å². The maximum atomic E-state index is 10.7. The average molecular weight is 391 g/mol. The lowest BCUT2D eigenvalue weighted by atomic mass is 9.93. The van der Waals surface area contributed by atoms with Crippen molar-refractivity contribution in [3.05, 3.63) is 0 Å². The number of terminal acetylenes is 1. The molecule has 0 aromatic carbocycles. The third kappa shape index (κ3) is 8.86. The van der Waals surface area contributed by atoms with Gasteiger partial charge in [-0.25, -0.2) is 0 Å². The minimum Gasteiger partial charge on any atom is -0.481 e. The number of carbonyl (C=O) groups is 2. The van der Waals surface area contributed by atoms with Gasteiger partial charge >= 0.3 is 11.9 Å². The molecule has 25 heavy (non-hydrogen) atoms. The standard InChI is InChI=1S/C17H26O6S2/c1-3-4-7-16(2)22-10-17(11-23-16,12-24-8-5-14(18)19)13-25-9-6-15(20)21/h1H,4-13H2,2H3,(H,18,19)(H,20,21). The molecule has 0 amide bonds. The van der Waals surface area contributed by atoms with Gasteiger partial charge in [-0.1, -0.05) is 0 Å². The Morgan fingerprint density at radius 2 is 1.56 bits per heavy atom. The first kappa shape index (κ1) is 22.2. The number of aliphatic carboxylic acids is 2. The van der Waals surface area contributed by atoms with Crippen molar-refractivity contribution in [2.45, 2.75) is 38.4 Å². The van der Waals surface area contributed by atoms with Crippen molar-refractivity contribution in [3.63, 3.8) is 0 Å². The van der Waals surface area contributed by atoms with Crippen LogP contribution in [0.2, 0.25) is 0 Å². The van der Waals surface area contributed by atoms with Gasteiger partial charge in [-0.2, -0.15) is 23.5 Å². The molecule has 0 spiro atoms. The predicted octanol–water partition coefficient (Wildman–Crippen LogP) is 2.57. The summed E-state index contributed by atoms with van der Waals surface area (Å²) in [5.74, 6) is 2.77. The molecule has 0 atom stereocenters. The van der Waals surface area contributed by atoms with Crippen molar-refractivity contribution in [2.75, 3.05) is 36.2 Å². The smallest absolute Gasteiger partial charge is 0.304 e. The normalized spacial score (nSPS) is 18.4. The highest BCUT2D eigenvalue weighted by Gasteiger charge is 2.41. The van der Waals surface area contributed by atoms with E-state index in [0.29, 0.717) is 49.1 Å². The quantitative estimate of drug-likeness (QED) is 0.388. The molecule has 142 valence electrons. The van der Waals surface area contributed by atoms with E-state index in [-0.39, 0.29) is 18.3 Å². The molecule has 0 radical (unpaired) electrons. The number of carboxylic acids is 2. The zero-order valence-electron chi connectivity index (χ0n) is 14.5. The van der Waals surface area contributed by atoms with Crippen LogP contribution in [0.3, 0.4) is 0 Å². The lowest BCUT2D eigenvalue weighted by Gasteiger charge is -2.44. The van der Waals surface area contributed by atoms with Crippen molar-refractivity contribution in [2.24, 2.45) is 5.41 Å². The molecule has 1 rings (SSSR count). The molecule has 1 fully saturated rings. The highest BCUT2D eigenvalue weighted by molar-refractivity contribution is 8.00. The summed E-state index contributed by atoms with van der Waals surface area (Å²) in [5.41, 5.74) is -0.248. The summed E-state index contributed by atoms with van der Waals surface area (Å²) in [6.45, 7) is 2.87. The molecular weight excluding hydrogens is 364 g/mol. The Morgan fingerprint density at radius 3 is 1.96 bits per heavy atom. The van der Waals surface area contributed by atoms with Crippen LogP contribution in [0.1, 0.15) is 32.6 Å². The Hall–Kier alpha value is -0.880. The van der Waals surface area contributed by atoms with E-state index in [9.17, 15) is 9.59 Å². The van der Waals surface area contributed by atoms with Crippen LogP contribution < -0.4 is 0 Å². The Morgan fingerprint density at radius 1 is 1.08 bits per heavy atom. The molecule has 1 aliphatic rings. The van der Waals surface area contributed by atoms with Crippen LogP contribution in [0.15, 0.2) is 0 Å². The van der Waals surface area contributed by atoms with E-state index in [1.54, 1.807) is 23.5 Å². The van der Waals surface area contributed by atoms with Crippen molar-refractivity contribution in [1.29, 1.82) is 0 Å². The SMILES string of the molecule is C#CCCC1(C)OCC(CSCCC(=O)O)(CSCCC(=O)O)CO1. The summed E-state index contributed by atoms with van der Waals surface area (Å²) < 4.78 is 11.9. The Labute approximate surface area is 157 Å². The second kappa shape index (κ2) is 11.0. The summed E-state index contributed by atoms with van der Waals surface area (Å²) in [4.78, 5) is 21.3. The lowest BCUT2D eigenvalue weighted by molar-refractivity contribution is -0.289. The number of thioether (sulfide) groups is 2. The number of ether oxygens (including phenoxy) is 2. The van der Waals surface area contributed by atoms with Gasteiger partial charge in [0.25, 0.3) is 0 Å². The van der Waals surface area contributed by atoms with Gasteiger partial charge in [0.2, 0.25) is 0 Å². The number of rotatable bonds is 12. The summed E-state index contributed by atoms with van der Waals surface area (Å²) in [6.07, 6.45) is 6.74. The van der Waals surface area contributed by atoms with Gasteiger partial charge in [0.15, 0.2) is 5.79 Å². The molecule has 1 heterocycles. The van der Waals surface area contributed by atoms with Crippen LogP contribution in [0.25, 0.3) is 0 Å². The molecule has 1 aliphatic heterocycles. The first-order chi connectivity index (χ1) is 11.8. The molecule has 0 unspecified atom stereocenters. The van der Waals surface area contributed by atoms with E-state index in [4.69, 9.17) is 26.1 Å². The molecule has 2 N–H and O–H groups in total. The molecule has 0 aliphatic carbocycles. The second-order valence-electron chi connectivity index (χ2n) is 6.31. The average Bonchev–Trinajstić information content (AvgIpc) is 2.56. The van der Waals surface area contributed by atoms with Crippen molar-refractivity contribution >= 4 is 35.5 Å².